The minimum absolute atomic E-state index is 0.526. The quantitative estimate of drug-likeness (QED) is 0.818. The Kier molecular flexibility index (Phi) is 5.23. The fraction of sp³-hybridized carbons (Fsp3) is 0.625. The minimum Gasteiger partial charge on any atom is -0.497 e. The topological polar surface area (TPSA) is 24.5 Å². The Bertz CT molecular complexity index is 373. The Morgan fingerprint density at radius 2 is 1.95 bits per heavy atom. The zero-order valence-electron chi connectivity index (χ0n) is 12.4. The van der Waals surface area contributed by atoms with E-state index in [9.17, 15) is 0 Å². The summed E-state index contributed by atoms with van der Waals surface area (Å²) in [6, 6.07) is 9.79. The first-order valence-corrected chi connectivity index (χ1v) is 7.40. The maximum atomic E-state index is 5.25. The fourth-order valence-corrected chi connectivity index (χ4v) is 2.85. The van der Waals surface area contributed by atoms with Crippen molar-refractivity contribution in [2.45, 2.75) is 38.8 Å². The molecule has 0 radical (unpaired) electrons. The summed E-state index contributed by atoms with van der Waals surface area (Å²) in [4.78, 5) is 2.66. The van der Waals surface area contributed by atoms with Crippen LogP contribution >= 0.6 is 0 Å². The largest absolute Gasteiger partial charge is 0.497 e. The summed E-state index contributed by atoms with van der Waals surface area (Å²) in [7, 11) is 1.72. The summed E-state index contributed by atoms with van der Waals surface area (Å²) in [5.41, 5.74) is 1.41. The lowest BCUT2D eigenvalue weighted by Gasteiger charge is -2.43. The molecule has 1 saturated heterocycles. The Morgan fingerprint density at radius 3 is 2.37 bits per heavy atom. The highest BCUT2D eigenvalue weighted by molar-refractivity contribution is 5.29. The van der Waals surface area contributed by atoms with Crippen LogP contribution in [0, 0.1) is 0 Å². The molecule has 19 heavy (non-hydrogen) atoms. The number of nitrogens with zero attached hydrogens (tertiary/aromatic N) is 1. The molecule has 1 aliphatic heterocycles. The van der Waals surface area contributed by atoms with Gasteiger partial charge in [0, 0.05) is 25.2 Å². The van der Waals surface area contributed by atoms with E-state index in [1.807, 2.05) is 0 Å². The third-order valence-electron chi connectivity index (χ3n) is 4.00. The first kappa shape index (κ1) is 14.4. The van der Waals surface area contributed by atoms with Gasteiger partial charge >= 0.3 is 0 Å². The van der Waals surface area contributed by atoms with Gasteiger partial charge in [0.15, 0.2) is 0 Å². The highest BCUT2D eigenvalue weighted by atomic mass is 16.5. The number of hydrogen-bond donors (Lipinski definition) is 1. The van der Waals surface area contributed by atoms with E-state index >= 15 is 0 Å². The summed E-state index contributed by atoms with van der Waals surface area (Å²) in [6.45, 7) is 7.99. The van der Waals surface area contributed by atoms with E-state index in [1.165, 1.54) is 18.5 Å². The maximum absolute atomic E-state index is 5.25. The van der Waals surface area contributed by atoms with Crippen LogP contribution in [0.15, 0.2) is 24.3 Å². The van der Waals surface area contributed by atoms with E-state index in [1.54, 1.807) is 7.11 Å². The molecule has 1 N–H and O–H groups in total. The predicted octanol–water partition coefficient (Wildman–Crippen LogP) is 2.83. The lowest BCUT2D eigenvalue weighted by atomic mass is 9.98. The van der Waals surface area contributed by atoms with Crippen LogP contribution in [-0.4, -0.2) is 37.7 Å². The van der Waals surface area contributed by atoms with Gasteiger partial charge in [-0.2, -0.15) is 0 Å². The van der Waals surface area contributed by atoms with Crippen molar-refractivity contribution in [1.29, 1.82) is 0 Å². The summed E-state index contributed by atoms with van der Waals surface area (Å²) in [6.07, 6.45) is 2.37. The standard InChI is InChI=1S/C16H26N2O/c1-4-10-18(14-11-17-12-14)16(5-2)13-6-8-15(19-3)9-7-13/h6-9,14,16-17H,4-5,10-12H2,1-3H3. The molecule has 0 aliphatic carbocycles. The molecule has 0 bridgehead atoms. The Morgan fingerprint density at radius 1 is 1.26 bits per heavy atom. The van der Waals surface area contributed by atoms with Crippen LogP contribution in [0.1, 0.15) is 38.3 Å². The number of rotatable bonds is 7. The molecular formula is C16H26N2O. The molecule has 1 aliphatic rings. The van der Waals surface area contributed by atoms with Crippen LogP contribution in [0.2, 0.25) is 0 Å². The van der Waals surface area contributed by atoms with Crippen LogP contribution in [0.5, 0.6) is 5.75 Å². The van der Waals surface area contributed by atoms with Gasteiger partial charge in [-0.1, -0.05) is 26.0 Å². The third kappa shape index (κ3) is 3.28. The van der Waals surface area contributed by atoms with Crippen molar-refractivity contribution >= 4 is 0 Å². The minimum atomic E-state index is 0.526. The molecule has 1 heterocycles. The average molecular weight is 262 g/mol. The number of ether oxygens (including phenoxy) is 1. The Hall–Kier alpha value is -1.06. The van der Waals surface area contributed by atoms with Gasteiger partial charge in [-0.3, -0.25) is 4.90 Å². The molecule has 1 aromatic rings. The normalized spacial score (nSPS) is 17.3. The molecule has 1 unspecified atom stereocenters. The molecule has 1 atom stereocenters. The lowest BCUT2D eigenvalue weighted by Crippen LogP contribution is -2.58. The van der Waals surface area contributed by atoms with E-state index in [0.717, 1.165) is 25.3 Å². The Balaban J connectivity index is 2.14. The van der Waals surface area contributed by atoms with Crippen LogP contribution in [0.25, 0.3) is 0 Å². The van der Waals surface area contributed by atoms with Crippen molar-refractivity contribution in [3.05, 3.63) is 29.8 Å². The fourth-order valence-electron chi connectivity index (χ4n) is 2.85. The first-order chi connectivity index (χ1) is 9.30. The molecule has 106 valence electrons. The van der Waals surface area contributed by atoms with Gasteiger partial charge in [-0.25, -0.2) is 0 Å². The predicted molar refractivity (Wildman–Crippen MR) is 79.7 cm³/mol. The Labute approximate surface area is 116 Å². The average Bonchev–Trinajstić information content (AvgIpc) is 2.38. The van der Waals surface area contributed by atoms with E-state index in [2.05, 4.69) is 48.3 Å². The molecule has 2 rings (SSSR count). The van der Waals surface area contributed by atoms with Crippen molar-refractivity contribution in [2.75, 3.05) is 26.7 Å². The second kappa shape index (κ2) is 6.92. The van der Waals surface area contributed by atoms with Gasteiger partial charge in [0.2, 0.25) is 0 Å². The molecule has 0 saturated carbocycles. The van der Waals surface area contributed by atoms with Crippen molar-refractivity contribution in [1.82, 2.24) is 10.2 Å². The SMILES string of the molecule is CCCN(C1CNC1)C(CC)c1ccc(OC)cc1. The molecule has 3 nitrogen and oxygen atoms in total. The smallest absolute Gasteiger partial charge is 0.118 e. The van der Waals surface area contributed by atoms with Gasteiger partial charge in [-0.05, 0) is 37.1 Å². The summed E-state index contributed by atoms with van der Waals surface area (Å²) < 4.78 is 5.25. The highest BCUT2D eigenvalue weighted by Crippen LogP contribution is 2.28. The van der Waals surface area contributed by atoms with Crippen LogP contribution in [0.3, 0.4) is 0 Å². The monoisotopic (exact) mass is 262 g/mol. The molecule has 0 aromatic heterocycles. The van der Waals surface area contributed by atoms with Crippen molar-refractivity contribution in [3.63, 3.8) is 0 Å². The van der Waals surface area contributed by atoms with Crippen molar-refractivity contribution in [3.8, 4) is 5.75 Å². The van der Waals surface area contributed by atoms with Gasteiger partial charge in [-0.15, -0.1) is 0 Å². The van der Waals surface area contributed by atoms with E-state index < -0.39 is 0 Å². The second-order valence-corrected chi connectivity index (χ2v) is 5.25. The molecule has 1 fully saturated rings. The third-order valence-corrected chi connectivity index (χ3v) is 4.00. The lowest BCUT2D eigenvalue weighted by molar-refractivity contribution is 0.0915. The zero-order chi connectivity index (χ0) is 13.7. The van der Waals surface area contributed by atoms with Crippen LogP contribution in [-0.2, 0) is 0 Å². The zero-order valence-corrected chi connectivity index (χ0v) is 12.4. The van der Waals surface area contributed by atoms with Gasteiger partial charge in [0.1, 0.15) is 5.75 Å². The van der Waals surface area contributed by atoms with Crippen LogP contribution < -0.4 is 10.1 Å². The highest BCUT2D eigenvalue weighted by Gasteiger charge is 2.29. The van der Waals surface area contributed by atoms with E-state index in [-0.39, 0.29) is 0 Å². The van der Waals surface area contributed by atoms with E-state index in [0.29, 0.717) is 12.1 Å². The first-order valence-electron chi connectivity index (χ1n) is 7.40. The van der Waals surface area contributed by atoms with Crippen molar-refractivity contribution in [2.24, 2.45) is 0 Å². The van der Waals surface area contributed by atoms with Gasteiger partial charge < -0.3 is 10.1 Å². The molecule has 3 heteroatoms. The molecule has 1 aromatic carbocycles. The van der Waals surface area contributed by atoms with E-state index in [4.69, 9.17) is 4.74 Å². The maximum Gasteiger partial charge on any atom is 0.118 e. The molecule has 0 spiro atoms. The number of benzene rings is 1. The number of nitrogens with one attached hydrogen (secondary N) is 1. The molecule has 0 amide bonds. The second-order valence-electron chi connectivity index (χ2n) is 5.25. The summed E-state index contributed by atoms with van der Waals surface area (Å²) >= 11 is 0. The summed E-state index contributed by atoms with van der Waals surface area (Å²) in [5.74, 6) is 0.936. The van der Waals surface area contributed by atoms with Crippen molar-refractivity contribution < 1.29 is 4.74 Å². The number of hydrogen-bond acceptors (Lipinski definition) is 3. The van der Waals surface area contributed by atoms with Crippen LogP contribution in [0.4, 0.5) is 0 Å². The summed E-state index contributed by atoms with van der Waals surface area (Å²) in [5, 5.41) is 3.39. The van der Waals surface area contributed by atoms with Gasteiger partial charge in [0.05, 0.1) is 7.11 Å². The van der Waals surface area contributed by atoms with Gasteiger partial charge in [0.25, 0.3) is 0 Å². The number of methoxy groups -OCH3 is 1. The molecular weight excluding hydrogens is 236 g/mol.